The molecule has 2 heterocycles. The van der Waals surface area contributed by atoms with Crippen molar-refractivity contribution in [1.29, 1.82) is 0 Å². The van der Waals surface area contributed by atoms with E-state index in [9.17, 15) is 19.2 Å². The Morgan fingerprint density at radius 2 is 2.21 bits per heavy atom. The zero-order chi connectivity index (χ0) is 17.7. The molecule has 0 bridgehead atoms. The number of anilines is 1. The van der Waals surface area contributed by atoms with E-state index in [0.29, 0.717) is 23.8 Å². The lowest BCUT2D eigenvalue weighted by Gasteiger charge is -2.12. The second-order valence-corrected chi connectivity index (χ2v) is 5.90. The molecule has 1 atom stereocenters. The Morgan fingerprint density at radius 3 is 2.83 bits per heavy atom. The molecule has 1 aliphatic heterocycles. The summed E-state index contributed by atoms with van der Waals surface area (Å²) in [6.45, 7) is 1.96. The Kier molecular flexibility index (Phi) is 5.85. The molecule has 1 fully saturated rings. The van der Waals surface area contributed by atoms with Gasteiger partial charge in [0.05, 0.1) is 19.2 Å². The summed E-state index contributed by atoms with van der Waals surface area (Å²) in [7, 11) is 1.12. The van der Waals surface area contributed by atoms with Crippen LogP contribution in [0.25, 0.3) is 0 Å². The Morgan fingerprint density at radius 1 is 1.46 bits per heavy atom. The first kappa shape index (κ1) is 17.9. The average Bonchev–Trinajstić information content (AvgIpc) is 3.15. The number of methoxy groups -OCH3 is 1. The maximum atomic E-state index is 11.8. The molecule has 1 aromatic heterocycles. The number of amides is 3. The molecule has 1 N–H and O–H groups in total. The van der Waals surface area contributed by atoms with Crippen molar-refractivity contribution in [2.75, 3.05) is 18.6 Å². The summed E-state index contributed by atoms with van der Waals surface area (Å²) in [5, 5.41) is 4.13. The summed E-state index contributed by atoms with van der Waals surface area (Å²) in [5.74, 6) is -1.42. The van der Waals surface area contributed by atoms with Gasteiger partial charge in [-0.2, -0.15) is 0 Å². The monoisotopic (exact) mass is 355 g/mol. The standard InChI is InChI=1S/C14H17N3O6S/c1-8(12(20)16-14(21)22-2)23-11(19)6-9-7-24-13(15-9)17-5-3-4-10(17)18/h7-8H,3-6H2,1-2H3,(H,16,20,21)/t8-/m0/s1. The molecule has 130 valence electrons. The van der Waals surface area contributed by atoms with Crippen LogP contribution in [0.4, 0.5) is 9.93 Å². The van der Waals surface area contributed by atoms with Crippen LogP contribution in [-0.2, 0) is 30.3 Å². The van der Waals surface area contributed by atoms with Gasteiger partial charge in [-0.15, -0.1) is 11.3 Å². The molecule has 1 aliphatic rings. The largest absolute Gasteiger partial charge is 0.453 e. The van der Waals surface area contributed by atoms with E-state index in [1.807, 2.05) is 5.32 Å². The third-order valence-electron chi connectivity index (χ3n) is 3.26. The maximum Gasteiger partial charge on any atom is 0.413 e. The number of nitrogens with one attached hydrogen (secondary N) is 1. The van der Waals surface area contributed by atoms with Crippen LogP contribution in [0.2, 0.25) is 0 Å². The van der Waals surface area contributed by atoms with E-state index in [4.69, 9.17) is 4.74 Å². The molecule has 0 spiro atoms. The van der Waals surface area contributed by atoms with Gasteiger partial charge in [-0.1, -0.05) is 0 Å². The Hall–Kier alpha value is -2.49. The van der Waals surface area contributed by atoms with Crippen LogP contribution in [0.5, 0.6) is 0 Å². The minimum atomic E-state index is -1.14. The van der Waals surface area contributed by atoms with Gasteiger partial charge in [0.2, 0.25) is 5.91 Å². The normalized spacial score (nSPS) is 15.1. The number of imide groups is 1. The number of esters is 1. The van der Waals surface area contributed by atoms with Crippen molar-refractivity contribution >= 4 is 40.3 Å². The smallest absolute Gasteiger partial charge is 0.413 e. The van der Waals surface area contributed by atoms with Gasteiger partial charge in [0.1, 0.15) is 0 Å². The van der Waals surface area contributed by atoms with Crippen LogP contribution < -0.4 is 10.2 Å². The molecule has 0 saturated carbocycles. The predicted molar refractivity (Wildman–Crippen MR) is 83.5 cm³/mol. The number of aromatic nitrogens is 1. The van der Waals surface area contributed by atoms with Gasteiger partial charge in [-0.05, 0) is 13.3 Å². The lowest BCUT2D eigenvalue weighted by molar-refractivity contribution is -0.154. The Bertz CT molecular complexity index is 659. The fraction of sp³-hybridized carbons (Fsp3) is 0.500. The lowest BCUT2D eigenvalue weighted by Crippen LogP contribution is -2.39. The van der Waals surface area contributed by atoms with E-state index >= 15 is 0 Å². The number of carbonyl (C=O) groups is 4. The third kappa shape index (κ3) is 4.51. The molecular weight excluding hydrogens is 338 g/mol. The highest BCUT2D eigenvalue weighted by Crippen LogP contribution is 2.25. The number of carbonyl (C=O) groups excluding carboxylic acids is 4. The second-order valence-electron chi connectivity index (χ2n) is 5.06. The van der Waals surface area contributed by atoms with E-state index in [1.54, 1.807) is 10.3 Å². The first-order chi connectivity index (χ1) is 11.4. The number of ether oxygens (including phenoxy) is 2. The van der Waals surface area contributed by atoms with Crippen molar-refractivity contribution in [3.63, 3.8) is 0 Å². The topological polar surface area (TPSA) is 115 Å². The van der Waals surface area contributed by atoms with Crippen LogP contribution in [0.3, 0.4) is 0 Å². The van der Waals surface area contributed by atoms with Crippen LogP contribution >= 0.6 is 11.3 Å². The van der Waals surface area contributed by atoms with Gasteiger partial charge in [0.25, 0.3) is 5.91 Å². The molecule has 0 aromatic carbocycles. The van der Waals surface area contributed by atoms with Gasteiger partial charge in [0.15, 0.2) is 11.2 Å². The number of nitrogens with zero attached hydrogens (tertiary/aromatic N) is 2. The quantitative estimate of drug-likeness (QED) is 0.770. The minimum Gasteiger partial charge on any atom is -0.453 e. The lowest BCUT2D eigenvalue weighted by atomic mass is 10.3. The molecule has 10 heteroatoms. The van der Waals surface area contributed by atoms with Crippen LogP contribution in [0, 0.1) is 0 Å². The van der Waals surface area contributed by atoms with E-state index < -0.39 is 24.1 Å². The van der Waals surface area contributed by atoms with Crippen LogP contribution in [0.15, 0.2) is 5.38 Å². The summed E-state index contributed by atoms with van der Waals surface area (Å²) in [4.78, 5) is 51.8. The fourth-order valence-corrected chi connectivity index (χ4v) is 2.91. The average molecular weight is 355 g/mol. The van der Waals surface area contributed by atoms with E-state index in [0.717, 1.165) is 13.5 Å². The SMILES string of the molecule is COC(=O)NC(=O)[C@H](C)OC(=O)Cc1csc(N2CCCC2=O)n1. The molecule has 24 heavy (non-hydrogen) atoms. The molecular formula is C14H17N3O6S. The van der Waals surface area contributed by atoms with Crippen molar-refractivity contribution in [3.8, 4) is 0 Å². The zero-order valence-electron chi connectivity index (χ0n) is 13.2. The molecule has 9 nitrogen and oxygen atoms in total. The Labute approximate surface area is 141 Å². The number of thiazole rings is 1. The van der Waals surface area contributed by atoms with Crippen LogP contribution in [0.1, 0.15) is 25.5 Å². The van der Waals surface area contributed by atoms with Crippen LogP contribution in [-0.4, -0.2) is 48.6 Å². The maximum absolute atomic E-state index is 11.8. The highest BCUT2D eigenvalue weighted by atomic mass is 32.1. The van der Waals surface area contributed by atoms with Crippen molar-refractivity contribution < 1.29 is 28.7 Å². The van der Waals surface area contributed by atoms with Crippen molar-refractivity contribution in [2.24, 2.45) is 0 Å². The van der Waals surface area contributed by atoms with Gasteiger partial charge in [-0.3, -0.25) is 24.6 Å². The van der Waals surface area contributed by atoms with Gasteiger partial charge < -0.3 is 9.47 Å². The highest BCUT2D eigenvalue weighted by molar-refractivity contribution is 7.14. The Balaban J connectivity index is 1.86. The van der Waals surface area contributed by atoms with E-state index in [1.165, 1.54) is 18.3 Å². The molecule has 1 saturated heterocycles. The second kappa shape index (κ2) is 7.86. The molecule has 1 aromatic rings. The first-order valence-corrected chi connectivity index (χ1v) is 8.11. The number of rotatable bonds is 5. The molecule has 3 amide bonds. The molecule has 2 rings (SSSR count). The van der Waals surface area contributed by atoms with Crippen molar-refractivity contribution in [3.05, 3.63) is 11.1 Å². The van der Waals surface area contributed by atoms with Gasteiger partial charge in [0, 0.05) is 18.3 Å². The van der Waals surface area contributed by atoms with Crippen molar-refractivity contribution in [1.82, 2.24) is 10.3 Å². The molecule has 0 unspecified atom stereocenters. The summed E-state index contributed by atoms with van der Waals surface area (Å²) in [5.41, 5.74) is 0.459. The van der Waals surface area contributed by atoms with E-state index in [-0.39, 0.29) is 12.3 Å². The molecule has 0 aliphatic carbocycles. The fourth-order valence-electron chi connectivity index (χ4n) is 2.05. The summed E-state index contributed by atoms with van der Waals surface area (Å²) >= 11 is 1.27. The number of hydrogen-bond acceptors (Lipinski definition) is 8. The number of alkyl carbamates (subject to hydrolysis) is 1. The first-order valence-electron chi connectivity index (χ1n) is 7.23. The zero-order valence-corrected chi connectivity index (χ0v) is 14.1. The summed E-state index contributed by atoms with van der Waals surface area (Å²) in [6, 6.07) is 0. The summed E-state index contributed by atoms with van der Waals surface area (Å²) < 4.78 is 9.22. The number of hydrogen-bond donors (Lipinski definition) is 1. The van der Waals surface area contributed by atoms with Gasteiger partial charge >= 0.3 is 12.1 Å². The minimum absolute atomic E-state index is 0.0200. The van der Waals surface area contributed by atoms with Gasteiger partial charge in [-0.25, -0.2) is 9.78 Å². The summed E-state index contributed by atoms with van der Waals surface area (Å²) in [6.07, 6.45) is -0.905. The third-order valence-corrected chi connectivity index (χ3v) is 4.17. The van der Waals surface area contributed by atoms with E-state index in [2.05, 4.69) is 9.72 Å². The highest BCUT2D eigenvalue weighted by Gasteiger charge is 2.25. The van der Waals surface area contributed by atoms with Crippen molar-refractivity contribution in [2.45, 2.75) is 32.3 Å². The predicted octanol–water partition coefficient (Wildman–Crippen LogP) is 0.627. The molecule has 0 radical (unpaired) electrons.